The number of piperidine rings is 1. The lowest BCUT2D eigenvalue weighted by atomic mass is 10.1. The molecular formula is C33H37ClF2N4O2. The molecule has 2 amide bonds. The molecule has 6 nitrogen and oxygen atoms in total. The molecule has 0 atom stereocenters. The second-order valence-electron chi connectivity index (χ2n) is 11.1. The van der Waals surface area contributed by atoms with Crippen molar-refractivity contribution in [3.8, 4) is 0 Å². The second-order valence-corrected chi connectivity index (χ2v) is 11.5. The first-order chi connectivity index (χ1) is 20.3. The van der Waals surface area contributed by atoms with Gasteiger partial charge in [-0.2, -0.15) is 0 Å². The fourth-order valence-electron chi connectivity index (χ4n) is 5.89. The zero-order valence-corrected chi connectivity index (χ0v) is 24.8. The summed E-state index contributed by atoms with van der Waals surface area (Å²) in [5.41, 5.74) is 3.14. The van der Waals surface area contributed by atoms with Crippen molar-refractivity contribution in [1.29, 1.82) is 0 Å². The van der Waals surface area contributed by atoms with Crippen LogP contribution in [0.2, 0.25) is 5.02 Å². The zero-order valence-electron chi connectivity index (χ0n) is 24.0. The number of halogens is 3. The number of benzene rings is 3. The van der Waals surface area contributed by atoms with Crippen molar-refractivity contribution in [1.82, 2.24) is 9.80 Å². The summed E-state index contributed by atoms with van der Waals surface area (Å²) in [6.45, 7) is 5.85. The molecule has 2 heterocycles. The lowest BCUT2D eigenvalue weighted by Crippen LogP contribution is -2.38. The Balaban J connectivity index is 1.50. The molecule has 222 valence electrons. The van der Waals surface area contributed by atoms with Crippen molar-refractivity contribution < 1.29 is 18.4 Å². The van der Waals surface area contributed by atoms with Gasteiger partial charge in [0.1, 0.15) is 0 Å². The van der Waals surface area contributed by atoms with Crippen LogP contribution in [0.5, 0.6) is 0 Å². The minimum absolute atomic E-state index is 0.0238. The van der Waals surface area contributed by atoms with Crippen LogP contribution >= 0.6 is 11.6 Å². The van der Waals surface area contributed by atoms with Gasteiger partial charge in [-0.05, 0) is 61.1 Å². The SMILES string of the molecule is CC(=O)N1CCCN(Cc2ccccc2)CCN(C(=O)c2ccc(Cl)c(N3CCCCC3)c2)Cc2cc(F)c(F)cc21. The molecule has 2 aliphatic rings. The minimum atomic E-state index is -1.03. The van der Waals surface area contributed by atoms with E-state index in [0.29, 0.717) is 61.0 Å². The summed E-state index contributed by atoms with van der Waals surface area (Å²) in [6.07, 6.45) is 3.95. The van der Waals surface area contributed by atoms with Gasteiger partial charge in [-0.1, -0.05) is 41.9 Å². The molecule has 0 aliphatic carbocycles. The molecule has 2 aliphatic heterocycles. The van der Waals surface area contributed by atoms with Crippen LogP contribution in [0.4, 0.5) is 20.2 Å². The van der Waals surface area contributed by atoms with E-state index < -0.39 is 11.6 Å². The molecule has 0 spiro atoms. The van der Waals surface area contributed by atoms with Gasteiger partial charge in [0.15, 0.2) is 11.6 Å². The first-order valence-corrected chi connectivity index (χ1v) is 15.0. The lowest BCUT2D eigenvalue weighted by Gasteiger charge is -2.31. The summed E-state index contributed by atoms with van der Waals surface area (Å²) >= 11 is 6.58. The molecule has 0 bridgehead atoms. The molecule has 0 unspecified atom stereocenters. The maximum absolute atomic E-state index is 14.6. The van der Waals surface area contributed by atoms with Gasteiger partial charge in [0.2, 0.25) is 5.91 Å². The third-order valence-corrected chi connectivity index (χ3v) is 8.44. The molecule has 0 radical (unpaired) electrons. The Morgan fingerprint density at radius 2 is 1.52 bits per heavy atom. The Bertz CT molecular complexity index is 1410. The van der Waals surface area contributed by atoms with E-state index in [1.165, 1.54) is 18.2 Å². The van der Waals surface area contributed by atoms with Crippen LogP contribution in [0.3, 0.4) is 0 Å². The van der Waals surface area contributed by atoms with E-state index in [1.807, 2.05) is 24.3 Å². The number of rotatable bonds is 4. The third kappa shape index (κ3) is 7.10. The maximum Gasteiger partial charge on any atom is 0.254 e. The van der Waals surface area contributed by atoms with Crippen LogP contribution in [0.1, 0.15) is 54.1 Å². The average Bonchev–Trinajstić information content (AvgIpc) is 3.02. The molecule has 42 heavy (non-hydrogen) atoms. The molecule has 5 rings (SSSR count). The second kappa shape index (κ2) is 13.7. The Morgan fingerprint density at radius 1 is 0.786 bits per heavy atom. The van der Waals surface area contributed by atoms with Crippen LogP contribution in [0, 0.1) is 11.6 Å². The molecule has 0 saturated carbocycles. The number of carbonyl (C=O) groups is 2. The van der Waals surface area contributed by atoms with Gasteiger partial charge in [0, 0.05) is 70.9 Å². The van der Waals surface area contributed by atoms with Crippen LogP contribution in [0.25, 0.3) is 0 Å². The van der Waals surface area contributed by atoms with Crippen molar-refractivity contribution in [2.24, 2.45) is 0 Å². The Labute approximate surface area is 251 Å². The molecule has 3 aromatic carbocycles. The summed E-state index contributed by atoms with van der Waals surface area (Å²) in [6, 6.07) is 17.6. The number of hydrogen-bond donors (Lipinski definition) is 0. The summed E-state index contributed by atoms with van der Waals surface area (Å²) in [4.78, 5) is 34.5. The standard InChI is InChI=1S/C33H37ClF2N4O2/c1-24(41)40-16-8-13-37(22-25-9-4-2-5-10-25)17-18-39(23-27-19-29(35)30(36)21-31(27)40)33(42)26-11-12-28(34)32(20-26)38-14-6-3-7-15-38/h2,4-5,9-12,19-21H,3,6-8,13-18,22-23H2,1H3. The van der Waals surface area contributed by atoms with Gasteiger partial charge in [-0.25, -0.2) is 8.78 Å². The topological polar surface area (TPSA) is 47.1 Å². The van der Waals surface area contributed by atoms with Gasteiger partial charge in [-0.15, -0.1) is 0 Å². The van der Waals surface area contributed by atoms with Crippen molar-refractivity contribution in [3.63, 3.8) is 0 Å². The molecular weight excluding hydrogens is 558 g/mol. The third-order valence-electron chi connectivity index (χ3n) is 8.12. The van der Waals surface area contributed by atoms with Crippen LogP contribution < -0.4 is 9.80 Å². The fourth-order valence-corrected chi connectivity index (χ4v) is 6.13. The minimum Gasteiger partial charge on any atom is -0.370 e. The Morgan fingerprint density at radius 3 is 2.26 bits per heavy atom. The number of fused-ring (bicyclic) bond motifs is 1. The smallest absolute Gasteiger partial charge is 0.254 e. The molecule has 1 fully saturated rings. The zero-order chi connectivity index (χ0) is 29.6. The van der Waals surface area contributed by atoms with Gasteiger partial charge >= 0.3 is 0 Å². The van der Waals surface area contributed by atoms with E-state index in [-0.39, 0.29) is 18.4 Å². The number of amides is 2. The monoisotopic (exact) mass is 594 g/mol. The van der Waals surface area contributed by atoms with Crippen molar-refractivity contribution >= 4 is 34.8 Å². The predicted octanol–water partition coefficient (Wildman–Crippen LogP) is 6.51. The Kier molecular flexibility index (Phi) is 9.75. The molecule has 3 aromatic rings. The van der Waals surface area contributed by atoms with Gasteiger partial charge in [-0.3, -0.25) is 14.5 Å². The number of anilines is 2. The molecule has 1 saturated heterocycles. The van der Waals surface area contributed by atoms with Crippen LogP contribution in [-0.2, 0) is 17.9 Å². The highest BCUT2D eigenvalue weighted by Crippen LogP contribution is 2.31. The predicted molar refractivity (Wildman–Crippen MR) is 163 cm³/mol. The van der Waals surface area contributed by atoms with Crippen molar-refractivity contribution in [2.45, 2.75) is 45.7 Å². The van der Waals surface area contributed by atoms with Gasteiger partial charge in [0.05, 0.1) is 16.4 Å². The number of hydrogen-bond acceptors (Lipinski definition) is 4. The van der Waals surface area contributed by atoms with E-state index in [4.69, 9.17) is 11.6 Å². The van der Waals surface area contributed by atoms with E-state index in [9.17, 15) is 18.4 Å². The van der Waals surface area contributed by atoms with Crippen LogP contribution in [-0.4, -0.2) is 60.9 Å². The summed E-state index contributed by atoms with van der Waals surface area (Å²) in [5, 5.41) is 0.597. The first kappa shape index (κ1) is 30.0. The average molecular weight is 595 g/mol. The van der Waals surface area contributed by atoms with Crippen molar-refractivity contribution in [2.75, 3.05) is 49.1 Å². The lowest BCUT2D eigenvalue weighted by molar-refractivity contribution is -0.116. The van der Waals surface area contributed by atoms with Gasteiger partial charge < -0.3 is 14.7 Å². The van der Waals surface area contributed by atoms with Crippen LogP contribution in [0.15, 0.2) is 60.7 Å². The van der Waals surface area contributed by atoms with E-state index in [0.717, 1.165) is 49.3 Å². The van der Waals surface area contributed by atoms with E-state index in [2.05, 4.69) is 21.9 Å². The molecule has 9 heteroatoms. The highest BCUT2D eigenvalue weighted by Gasteiger charge is 2.26. The summed E-state index contributed by atoms with van der Waals surface area (Å²) in [7, 11) is 0. The molecule has 0 N–H and O–H groups in total. The first-order valence-electron chi connectivity index (χ1n) is 14.7. The quantitative estimate of drug-likeness (QED) is 0.346. The number of carbonyl (C=O) groups excluding carboxylic acids is 2. The molecule has 0 aromatic heterocycles. The normalized spacial score (nSPS) is 17.0. The largest absolute Gasteiger partial charge is 0.370 e. The summed E-state index contributed by atoms with van der Waals surface area (Å²) < 4.78 is 29.1. The maximum atomic E-state index is 14.6. The highest BCUT2D eigenvalue weighted by molar-refractivity contribution is 6.33. The van der Waals surface area contributed by atoms with E-state index >= 15 is 0 Å². The number of nitrogens with zero attached hydrogens (tertiary/aromatic N) is 4. The highest BCUT2D eigenvalue weighted by atomic mass is 35.5. The fraction of sp³-hybridized carbons (Fsp3) is 0.394. The Hall–Kier alpha value is -3.49. The van der Waals surface area contributed by atoms with Crippen molar-refractivity contribution in [3.05, 3.63) is 94.0 Å². The summed E-state index contributed by atoms with van der Waals surface area (Å²) in [5.74, 6) is -2.53. The van der Waals surface area contributed by atoms with Gasteiger partial charge in [0.25, 0.3) is 5.91 Å². The van der Waals surface area contributed by atoms with E-state index in [1.54, 1.807) is 17.0 Å².